The molecule has 2 aliphatic heterocycles. The Labute approximate surface area is 197 Å². The third kappa shape index (κ3) is 4.03. The molecule has 1 N–H and O–H groups in total. The van der Waals surface area contributed by atoms with E-state index in [9.17, 15) is 15.2 Å². The molecular formula is C25H26N2O5S. The number of hydrogen-bond acceptors (Lipinski definition) is 7. The topological polar surface area (TPSA) is 92.0 Å². The van der Waals surface area contributed by atoms with Crippen molar-refractivity contribution in [2.75, 3.05) is 26.1 Å². The van der Waals surface area contributed by atoms with Gasteiger partial charge in [0.25, 0.3) is 0 Å². The first kappa shape index (κ1) is 23.0. The zero-order valence-electron chi connectivity index (χ0n) is 18.8. The van der Waals surface area contributed by atoms with Crippen LogP contribution in [0.1, 0.15) is 37.3 Å². The van der Waals surface area contributed by atoms with Crippen LogP contribution in [0.2, 0.25) is 0 Å². The van der Waals surface area contributed by atoms with Crippen LogP contribution >= 0.6 is 11.8 Å². The van der Waals surface area contributed by atoms with Crippen LogP contribution in [-0.2, 0) is 10.5 Å². The number of thioether (sulfide) groups is 1. The molecule has 8 heteroatoms. The van der Waals surface area contributed by atoms with E-state index in [0.717, 1.165) is 5.56 Å². The number of methoxy groups -OCH3 is 1. The highest BCUT2D eigenvalue weighted by molar-refractivity contribution is 8.03. The average Bonchev–Trinajstić information content (AvgIpc) is 3.19. The molecule has 2 heterocycles. The Bertz CT molecular complexity index is 1120. The molecular weight excluding hydrogens is 440 g/mol. The molecule has 1 amide bonds. The number of benzene rings is 2. The van der Waals surface area contributed by atoms with Crippen molar-refractivity contribution in [2.24, 2.45) is 0 Å². The van der Waals surface area contributed by atoms with Crippen LogP contribution in [0.25, 0.3) is 0 Å². The van der Waals surface area contributed by atoms with Gasteiger partial charge in [-0.05, 0) is 43.7 Å². The summed E-state index contributed by atoms with van der Waals surface area (Å²) < 4.78 is 16.5. The lowest BCUT2D eigenvalue weighted by molar-refractivity contribution is -0.149. The maximum atomic E-state index is 13.3. The summed E-state index contributed by atoms with van der Waals surface area (Å²) in [7, 11) is 1.57. The van der Waals surface area contributed by atoms with Gasteiger partial charge in [-0.15, -0.1) is 11.8 Å². The molecule has 7 nitrogen and oxygen atoms in total. The van der Waals surface area contributed by atoms with Gasteiger partial charge in [0.05, 0.1) is 42.7 Å². The smallest absolute Gasteiger partial charge is 0.231 e. The molecule has 0 aromatic heterocycles. The molecule has 0 aliphatic carbocycles. The van der Waals surface area contributed by atoms with E-state index >= 15 is 0 Å². The normalized spacial score (nSPS) is 22.1. The molecule has 2 aliphatic rings. The molecule has 0 spiro atoms. The number of nitriles is 1. The molecule has 1 fully saturated rings. The monoisotopic (exact) mass is 466 g/mol. The zero-order valence-corrected chi connectivity index (χ0v) is 19.6. The maximum absolute atomic E-state index is 13.3. The lowest BCUT2D eigenvalue weighted by Crippen LogP contribution is -2.48. The predicted octanol–water partition coefficient (Wildman–Crippen LogP) is 4.14. The number of fused-ring (bicyclic) bond motifs is 1. The fraction of sp³-hybridized carbons (Fsp3) is 0.360. The number of carbonyl (C=O) groups is 1. The first-order valence-electron chi connectivity index (χ1n) is 10.8. The summed E-state index contributed by atoms with van der Waals surface area (Å²) >= 11 is 1.32. The fourth-order valence-corrected chi connectivity index (χ4v) is 5.65. The lowest BCUT2D eigenvalue weighted by atomic mass is 9.85. The van der Waals surface area contributed by atoms with Crippen molar-refractivity contribution < 1.29 is 24.1 Å². The minimum absolute atomic E-state index is 0.0736. The molecule has 0 unspecified atom stereocenters. The summed E-state index contributed by atoms with van der Waals surface area (Å²) in [6.45, 7) is 4.79. The molecule has 2 aromatic rings. The highest BCUT2D eigenvalue weighted by Crippen LogP contribution is 2.52. The van der Waals surface area contributed by atoms with Crippen LogP contribution in [-0.4, -0.2) is 42.0 Å². The largest absolute Gasteiger partial charge is 0.494 e. The van der Waals surface area contributed by atoms with Gasteiger partial charge in [0, 0.05) is 17.9 Å². The third-order valence-corrected chi connectivity index (χ3v) is 7.05. The highest BCUT2D eigenvalue weighted by Gasteiger charge is 2.51. The molecule has 0 saturated carbocycles. The fourth-order valence-electron chi connectivity index (χ4n) is 4.29. The summed E-state index contributed by atoms with van der Waals surface area (Å²) in [5.41, 5.74) is 0.328. The number of ether oxygens (including phenoxy) is 3. The van der Waals surface area contributed by atoms with Crippen LogP contribution in [0.4, 0.5) is 0 Å². The van der Waals surface area contributed by atoms with E-state index in [1.807, 2.05) is 26.0 Å². The standard InChI is InChI=1S/C25H26N2O5S/c1-4-31-18-9-7-17(8-10-18)25(29)15-33-24-20(14-26)19(13-23(28)27(24)25)16-6-11-21(30-3)22(12-16)32-5-2/h6-12,19,29H,4-5,13,15H2,1-3H3/t19-,25+/m1/s1. The van der Waals surface area contributed by atoms with Gasteiger partial charge in [0.15, 0.2) is 17.2 Å². The first-order valence-corrected chi connectivity index (χ1v) is 11.8. The van der Waals surface area contributed by atoms with Gasteiger partial charge in [-0.2, -0.15) is 5.26 Å². The SMILES string of the molecule is CCOc1ccc([C@@]2(O)CSC3=C(C#N)[C@@H](c4ccc(OC)c(OCC)c4)CC(=O)N32)cc1. The molecule has 2 atom stereocenters. The Morgan fingerprint density at radius 2 is 1.88 bits per heavy atom. The molecule has 4 rings (SSSR count). The van der Waals surface area contributed by atoms with E-state index in [-0.39, 0.29) is 18.1 Å². The van der Waals surface area contributed by atoms with E-state index < -0.39 is 11.6 Å². The highest BCUT2D eigenvalue weighted by atomic mass is 32.2. The number of aliphatic hydroxyl groups is 1. The summed E-state index contributed by atoms with van der Waals surface area (Å²) in [4.78, 5) is 14.7. The molecule has 1 saturated heterocycles. The van der Waals surface area contributed by atoms with E-state index in [2.05, 4.69) is 6.07 Å². The third-order valence-electron chi connectivity index (χ3n) is 5.83. The van der Waals surface area contributed by atoms with Gasteiger partial charge in [-0.1, -0.05) is 18.2 Å². The van der Waals surface area contributed by atoms with E-state index in [4.69, 9.17) is 14.2 Å². The number of allylic oxidation sites excluding steroid dienone is 1. The van der Waals surface area contributed by atoms with Crippen molar-refractivity contribution >= 4 is 17.7 Å². The molecule has 33 heavy (non-hydrogen) atoms. The second-order valence-corrected chi connectivity index (χ2v) is 8.69. The molecule has 0 bridgehead atoms. The summed E-state index contributed by atoms with van der Waals surface area (Å²) in [6.07, 6.45) is 0.0736. The van der Waals surface area contributed by atoms with Crippen molar-refractivity contribution in [1.82, 2.24) is 4.90 Å². The van der Waals surface area contributed by atoms with E-state index in [0.29, 0.717) is 46.6 Å². The maximum Gasteiger partial charge on any atom is 0.231 e. The second kappa shape index (κ2) is 9.38. The Morgan fingerprint density at radius 1 is 1.15 bits per heavy atom. The predicted molar refractivity (Wildman–Crippen MR) is 125 cm³/mol. The van der Waals surface area contributed by atoms with Gasteiger partial charge in [-0.25, -0.2) is 0 Å². The Morgan fingerprint density at radius 3 is 2.52 bits per heavy atom. The lowest BCUT2D eigenvalue weighted by Gasteiger charge is -2.38. The van der Waals surface area contributed by atoms with Crippen molar-refractivity contribution in [3.8, 4) is 23.3 Å². The summed E-state index contributed by atoms with van der Waals surface area (Å²) in [6, 6.07) is 14.8. The first-order chi connectivity index (χ1) is 16.0. The van der Waals surface area contributed by atoms with E-state index in [1.165, 1.54) is 16.7 Å². The second-order valence-electron chi connectivity index (χ2n) is 7.72. The quantitative estimate of drug-likeness (QED) is 0.656. The van der Waals surface area contributed by atoms with Gasteiger partial charge in [0.2, 0.25) is 5.91 Å². The molecule has 0 radical (unpaired) electrons. The number of amides is 1. The van der Waals surface area contributed by atoms with Gasteiger partial charge in [-0.3, -0.25) is 9.69 Å². The summed E-state index contributed by atoms with van der Waals surface area (Å²) in [5.74, 6) is 1.44. The minimum Gasteiger partial charge on any atom is -0.494 e. The van der Waals surface area contributed by atoms with Crippen LogP contribution in [0.5, 0.6) is 17.2 Å². The van der Waals surface area contributed by atoms with Crippen molar-refractivity contribution in [3.05, 3.63) is 64.2 Å². The Hall–Kier alpha value is -3.15. The van der Waals surface area contributed by atoms with Crippen molar-refractivity contribution in [1.29, 1.82) is 5.26 Å². The number of hydrogen-bond donors (Lipinski definition) is 1. The molecule has 172 valence electrons. The van der Waals surface area contributed by atoms with Crippen LogP contribution < -0.4 is 14.2 Å². The van der Waals surface area contributed by atoms with Crippen molar-refractivity contribution in [2.45, 2.75) is 31.9 Å². The number of nitrogens with zero attached hydrogens (tertiary/aromatic N) is 2. The van der Waals surface area contributed by atoms with E-state index in [1.54, 1.807) is 37.4 Å². The minimum atomic E-state index is -1.52. The Balaban J connectivity index is 1.73. The average molecular weight is 467 g/mol. The van der Waals surface area contributed by atoms with Crippen LogP contribution in [0.15, 0.2) is 53.1 Å². The van der Waals surface area contributed by atoms with Gasteiger partial charge >= 0.3 is 0 Å². The number of rotatable bonds is 7. The zero-order chi connectivity index (χ0) is 23.6. The van der Waals surface area contributed by atoms with Crippen molar-refractivity contribution in [3.63, 3.8) is 0 Å². The Kier molecular flexibility index (Phi) is 6.54. The van der Waals surface area contributed by atoms with Crippen LogP contribution in [0, 0.1) is 11.3 Å². The van der Waals surface area contributed by atoms with Crippen LogP contribution in [0.3, 0.4) is 0 Å². The van der Waals surface area contributed by atoms with Gasteiger partial charge < -0.3 is 19.3 Å². The molecule has 2 aromatic carbocycles. The van der Waals surface area contributed by atoms with Gasteiger partial charge in [0.1, 0.15) is 5.75 Å². The summed E-state index contributed by atoms with van der Waals surface area (Å²) in [5, 5.41) is 22.1. The number of carbonyl (C=O) groups excluding carboxylic acids is 1.